The number of benzene rings is 2. The zero-order valence-electron chi connectivity index (χ0n) is 34.8. The summed E-state index contributed by atoms with van der Waals surface area (Å²) in [6.45, 7) is -3.01. The third-order valence-electron chi connectivity index (χ3n) is 11.3. The van der Waals surface area contributed by atoms with Crippen LogP contribution in [0.4, 0.5) is 11.4 Å². The summed E-state index contributed by atoms with van der Waals surface area (Å²) in [7, 11) is 0. The largest absolute Gasteiger partial charge is 0.462 e. The molecule has 66 heavy (non-hydrogen) atoms. The molecule has 4 aliphatic heterocycles. The van der Waals surface area contributed by atoms with Crippen molar-refractivity contribution >= 4 is 23.2 Å². The first-order chi connectivity index (χ1) is 31.5. The maximum atomic E-state index is 12.7. The van der Waals surface area contributed by atoms with Crippen LogP contribution in [0.1, 0.15) is 12.8 Å². The summed E-state index contributed by atoms with van der Waals surface area (Å²) >= 11 is 0. The summed E-state index contributed by atoms with van der Waals surface area (Å²) in [6, 6.07) is 11.4. The third kappa shape index (κ3) is 11.9. The van der Waals surface area contributed by atoms with Gasteiger partial charge in [0.25, 0.3) is 0 Å². The number of carbonyl (C=O) groups is 2. The fourth-order valence-electron chi connectivity index (χ4n) is 7.48. The zero-order valence-corrected chi connectivity index (χ0v) is 34.8. The van der Waals surface area contributed by atoms with Crippen LogP contribution in [0, 0.1) is 0 Å². The van der Waals surface area contributed by atoms with Crippen LogP contribution in [0.2, 0.25) is 0 Å². The maximum absolute atomic E-state index is 12.7. The summed E-state index contributed by atoms with van der Waals surface area (Å²) in [6.07, 6.45) is -33.0. The lowest BCUT2D eigenvalue weighted by Gasteiger charge is -2.45. The van der Waals surface area contributed by atoms with Crippen LogP contribution in [0.15, 0.2) is 48.5 Å². The number of aliphatic hydroxyl groups excluding tert-OH is 14. The fourth-order valence-corrected chi connectivity index (χ4v) is 7.48. The van der Waals surface area contributed by atoms with Crippen LogP contribution in [0.3, 0.4) is 0 Å². The maximum Gasteiger partial charge on any atom is 0.229 e. The van der Waals surface area contributed by atoms with Crippen LogP contribution < -0.4 is 20.1 Å². The van der Waals surface area contributed by atoms with Crippen LogP contribution in [-0.4, -0.2) is 233 Å². The first-order valence-electron chi connectivity index (χ1n) is 20.8. The van der Waals surface area contributed by atoms with Crippen molar-refractivity contribution in [3.8, 4) is 11.5 Å². The number of anilines is 2. The molecule has 0 saturated carbocycles. The van der Waals surface area contributed by atoms with Gasteiger partial charge >= 0.3 is 0 Å². The van der Waals surface area contributed by atoms with Crippen molar-refractivity contribution in [2.45, 2.75) is 136 Å². The van der Waals surface area contributed by atoms with Gasteiger partial charge in [-0.3, -0.25) is 9.59 Å². The van der Waals surface area contributed by atoms with E-state index in [2.05, 4.69) is 10.6 Å². The number of carbonyl (C=O) groups excluding carboxylic acids is 2. The fraction of sp³-hybridized carbons (Fsp3) is 0.650. The molecule has 20 atom stereocenters. The quantitative estimate of drug-likeness (QED) is 0.0701. The van der Waals surface area contributed by atoms with Gasteiger partial charge in [-0.15, -0.1) is 0 Å². The molecule has 2 amide bonds. The van der Waals surface area contributed by atoms with Crippen molar-refractivity contribution in [1.29, 1.82) is 0 Å². The van der Waals surface area contributed by atoms with Crippen molar-refractivity contribution in [1.82, 2.24) is 0 Å². The van der Waals surface area contributed by atoms with Crippen molar-refractivity contribution in [2.24, 2.45) is 0 Å². The van der Waals surface area contributed by atoms with E-state index in [1.807, 2.05) is 0 Å². The molecule has 16 N–H and O–H groups in total. The standard InChI is InChI=1S/C40H56N2O24/c43-11-19-25(49)27(51)31(55)39(61-19)65-35-21(13-45)63-37(33(57)29(35)53)59-17-5-1-15(2-6-17)41-23(47)9-10-24(48)42-16-3-7-18(8-4-16)60-38-34(58)30(54)36(22(14-46)64-38)66-40-32(56)28(52)26(50)20(12-44)62-40/h1-8,19-22,25-40,43-46,49-58H,9-14H2,(H,41,47)(H,42,48)/t19-,20-,21-,22-,25-,26-,27+,28+,29-,30-,31-,32-,33-,34-,35-,36-,37-,38-,39+,40+/m1/s1. The predicted molar refractivity (Wildman–Crippen MR) is 213 cm³/mol. The van der Waals surface area contributed by atoms with Gasteiger partial charge in [0.2, 0.25) is 24.4 Å². The second-order valence-electron chi connectivity index (χ2n) is 15.9. The van der Waals surface area contributed by atoms with Gasteiger partial charge in [0.15, 0.2) is 12.6 Å². The van der Waals surface area contributed by atoms with Gasteiger partial charge in [0.1, 0.15) is 109 Å². The number of rotatable bonds is 17. The number of hydrogen-bond donors (Lipinski definition) is 16. The van der Waals surface area contributed by atoms with Gasteiger partial charge in [0, 0.05) is 24.2 Å². The summed E-state index contributed by atoms with van der Waals surface area (Å²) in [5.74, 6) is -0.841. The Morgan fingerprint density at radius 2 is 0.712 bits per heavy atom. The smallest absolute Gasteiger partial charge is 0.229 e. The SMILES string of the molecule is O=C(CCC(=O)Nc1ccc(O[C@@H]2O[C@H](CO)[C@@H](O[C@@H]3O[C@H](CO)[C@@H](O)[C@H](O)[C@H]3O)[C@H](O)[C@H]2O)cc1)Nc1ccc(O[C@@H]2O[C@H](CO)[C@@H](O[C@@H]3O[C@H](CO)[C@@H](O)[C@H](O)[C@H]3O)[C@H](O)[C@H]2O)cc1. The molecular formula is C40H56N2O24. The van der Waals surface area contributed by atoms with E-state index in [-0.39, 0.29) is 24.3 Å². The minimum Gasteiger partial charge on any atom is -0.462 e. The molecule has 6 rings (SSSR count). The Bertz CT molecular complexity index is 1710. The van der Waals surface area contributed by atoms with E-state index in [1.165, 1.54) is 48.5 Å². The molecule has 0 radical (unpaired) electrons. The molecule has 26 nitrogen and oxygen atoms in total. The molecule has 2 aromatic rings. The third-order valence-corrected chi connectivity index (χ3v) is 11.3. The molecule has 0 aliphatic carbocycles. The van der Waals surface area contributed by atoms with E-state index in [0.29, 0.717) is 11.4 Å². The van der Waals surface area contributed by atoms with Crippen LogP contribution in [0.25, 0.3) is 0 Å². The first-order valence-corrected chi connectivity index (χ1v) is 20.8. The lowest BCUT2D eigenvalue weighted by molar-refractivity contribution is -0.352. The summed E-state index contributed by atoms with van der Waals surface area (Å²) < 4.78 is 44.2. The van der Waals surface area contributed by atoms with Crippen molar-refractivity contribution in [3.63, 3.8) is 0 Å². The Morgan fingerprint density at radius 1 is 0.409 bits per heavy atom. The number of aliphatic hydroxyl groups is 14. The van der Waals surface area contributed by atoms with Gasteiger partial charge in [-0.05, 0) is 48.5 Å². The van der Waals surface area contributed by atoms with E-state index < -0.39 is 161 Å². The lowest BCUT2D eigenvalue weighted by atomic mass is 9.97. The van der Waals surface area contributed by atoms with Crippen LogP contribution >= 0.6 is 0 Å². The topological polar surface area (TPSA) is 415 Å². The number of ether oxygens (including phenoxy) is 8. The Kier molecular flexibility index (Phi) is 18.0. The molecule has 4 saturated heterocycles. The van der Waals surface area contributed by atoms with Gasteiger partial charge in [-0.25, -0.2) is 0 Å². The Labute approximate surface area is 374 Å². The average molecular weight is 949 g/mol. The zero-order chi connectivity index (χ0) is 48.0. The molecule has 2 aromatic carbocycles. The highest BCUT2D eigenvalue weighted by atomic mass is 16.8. The van der Waals surface area contributed by atoms with E-state index in [9.17, 15) is 81.1 Å². The Morgan fingerprint density at radius 3 is 1.03 bits per heavy atom. The molecule has 4 fully saturated rings. The van der Waals surface area contributed by atoms with Gasteiger partial charge in [-0.1, -0.05) is 0 Å². The molecule has 0 bridgehead atoms. The molecule has 0 unspecified atom stereocenters. The van der Waals surface area contributed by atoms with Crippen molar-refractivity contribution in [2.75, 3.05) is 37.1 Å². The summed E-state index contributed by atoms with van der Waals surface area (Å²) in [5.41, 5.74) is 0.605. The number of hydrogen-bond acceptors (Lipinski definition) is 24. The van der Waals surface area contributed by atoms with E-state index in [4.69, 9.17) is 37.9 Å². The molecule has 370 valence electrons. The number of nitrogens with one attached hydrogen (secondary N) is 2. The minimum absolute atomic E-state index is 0.104. The van der Waals surface area contributed by atoms with Crippen molar-refractivity contribution in [3.05, 3.63) is 48.5 Å². The normalized spacial score (nSPS) is 39.4. The second kappa shape index (κ2) is 23.0. The lowest BCUT2D eigenvalue weighted by Crippen LogP contribution is -2.65. The second-order valence-corrected chi connectivity index (χ2v) is 15.9. The summed E-state index contributed by atoms with van der Waals surface area (Å²) in [4.78, 5) is 25.3. The number of amides is 2. The first kappa shape index (κ1) is 51.6. The molecule has 0 spiro atoms. The van der Waals surface area contributed by atoms with Gasteiger partial charge in [0.05, 0.1) is 26.4 Å². The van der Waals surface area contributed by atoms with Crippen LogP contribution in [0.5, 0.6) is 11.5 Å². The van der Waals surface area contributed by atoms with Gasteiger partial charge in [-0.2, -0.15) is 0 Å². The highest BCUT2D eigenvalue weighted by Crippen LogP contribution is 2.33. The Balaban J connectivity index is 0.927. The minimum atomic E-state index is -1.83. The van der Waals surface area contributed by atoms with E-state index in [1.54, 1.807) is 0 Å². The predicted octanol–water partition coefficient (Wildman–Crippen LogP) is -6.95. The molecule has 26 heteroatoms. The summed E-state index contributed by atoms with van der Waals surface area (Å²) in [5, 5.41) is 148. The monoisotopic (exact) mass is 948 g/mol. The highest BCUT2D eigenvalue weighted by Gasteiger charge is 2.53. The van der Waals surface area contributed by atoms with Crippen LogP contribution in [-0.2, 0) is 38.0 Å². The van der Waals surface area contributed by atoms with E-state index >= 15 is 0 Å². The van der Waals surface area contributed by atoms with Crippen molar-refractivity contribution < 1.29 is 119 Å². The average Bonchev–Trinajstić information content (AvgIpc) is 3.31. The molecule has 4 heterocycles. The molecular weight excluding hydrogens is 892 g/mol. The Hall–Kier alpha value is -3.82. The molecule has 4 aliphatic rings. The molecule has 0 aromatic heterocycles. The van der Waals surface area contributed by atoms with E-state index in [0.717, 1.165) is 0 Å². The van der Waals surface area contributed by atoms with Gasteiger partial charge < -0.3 is 120 Å². The highest BCUT2D eigenvalue weighted by molar-refractivity contribution is 5.96.